The van der Waals surface area contributed by atoms with Crippen molar-refractivity contribution < 1.29 is 14.3 Å². The molecular formula is C13H25N3O3. The summed E-state index contributed by atoms with van der Waals surface area (Å²) in [7, 11) is 3.62. The summed E-state index contributed by atoms with van der Waals surface area (Å²) in [4.78, 5) is 29.1. The number of ether oxygens (including phenoxy) is 1. The van der Waals surface area contributed by atoms with Gasteiger partial charge >= 0.3 is 6.09 Å². The highest BCUT2D eigenvalue weighted by molar-refractivity contribution is 5.82. The zero-order valence-electron chi connectivity index (χ0n) is 12.6. The predicted molar refractivity (Wildman–Crippen MR) is 72.9 cm³/mol. The summed E-state index contributed by atoms with van der Waals surface area (Å²) in [5.41, 5.74) is -0.539. The van der Waals surface area contributed by atoms with Crippen LogP contribution in [-0.2, 0) is 9.53 Å². The Hall–Kier alpha value is -1.30. The van der Waals surface area contributed by atoms with E-state index in [2.05, 4.69) is 4.90 Å². The third-order valence-corrected chi connectivity index (χ3v) is 2.93. The molecule has 0 aromatic rings. The van der Waals surface area contributed by atoms with Crippen molar-refractivity contribution in [2.24, 2.45) is 0 Å². The molecule has 0 unspecified atom stereocenters. The first-order chi connectivity index (χ1) is 8.69. The van der Waals surface area contributed by atoms with Crippen LogP contribution in [0.2, 0.25) is 0 Å². The van der Waals surface area contributed by atoms with E-state index >= 15 is 0 Å². The number of nitrogens with zero attached hydrogens (tertiary/aromatic N) is 3. The molecule has 0 N–H and O–H groups in total. The van der Waals surface area contributed by atoms with E-state index in [1.54, 1.807) is 32.7 Å². The van der Waals surface area contributed by atoms with Gasteiger partial charge in [0.2, 0.25) is 5.91 Å². The van der Waals surface area contributed by atoms with Crippen LogP contribution in [0.3, 0.4) is 0 Å². The van der Waals surface area contributed by atoms with Gasteiger partial charge < -0.3 is 19.4 Å². The minimum absolute atomic E-state index is 0.0264. The zero-order chi connectivity index (χ0) is 14.6. The SMILES string of the molecule is CN1CCN(C(=O)CN(C)C(=O)OC(C)(C)C)CC1. The molecule has 0 bridgehead atoms. The number of hydrogen-bond acceptors (Lipinski definition) is 4. The average molecular weight is 271 g/mol. The van der Waals surface area contributed by atoms with Crippen LogP contribution in [0.1, 0.15) is 20.8 Å². The Morgan fingerprint density at radius 2 is 1.68 bits per heavy atom. The standard InChI is InChI=1S/C13H25N3O3/c1-13(2,3)19-12(18)15(5)10-11(17)16-8-6-14(4)7-9-16/h6-10H2,1-5H3. The van der Waals surface area contributed by atoms with E-state index in [0.29, 0.717) is 0 Å². The molecule has 0 spiro atoms. The molecule has 19 heavy (non-hydrogen) atoms. The molecule has 1 heterocycles. The number of rotatable bonds is 2. The summed E-state index contributed by atoms with van der Waals surface area (Å²) in [5, 5.41) is 0. The Bertz CT molecular complexity index is 331. The largest absolute Gasteiger partial charge is 0.444 e. The molecule has 0 radical (unpaired) electrons. The predicted octanol–water partition coefficient (Wildman–Crippen LogP) is 0.627. The van der Waals surface area contributed by atoms with E-state index in [9.17, 15) is 9.59 Å². The van der Waals surface area contributed by atoms with Gasteiger partial charge in [0.1, 0.15) is 12.1 Å². The Balaban J connectivity index is 2.41. The van der Waals surface area contributed by atoms with Crippen LogP contribution < -0.4 is 0 Å². The van der Waals surface area contributed by atoms with Crippen molar-refractivity contribution >= 4 is 12.0 Å². The highest BCUT2D eigenvalue weighted by Gasteiger charge is 2.24. The summed E-state index contributed by atoms with van der Waals surface area (Å²) in [6, 6.07) is 0. The molecule has 0 saturated carbocycles. The van der Waals surface area contributed by atoms with Gasteiger partial charge in [-0.3, -0.25) is 4.79 Å². The molecule has 1 fully saturated rings. The van der Waals surface area contributed by atoms with Gasteiger partial charge in [-0.1, -0.05) is 0 Å². The van der Waals surface area contributed by atoms with E-state index in [4.69, 9.17) is 4.74 Å². The van der Waals surface area contributed by atoms with Crippen molar-refractivity contribution in [1.29, 1.82) is 0 Å². The first kappa shape index (κ1) is 15.8. The number of likely N-dealkylation sites (N-methyl/N-ethyl adjacent to an activating group) is 2. The van der Waals surface area contributed by atoms with Crippen LogP contribution in [0.5, 0.6) is 0 Å². The summed E-state index contributed by atoms with van der Waals surface area (Å²) in [5.74, 6) is -0.0264. The van der Waals surface area contributed by atoms with Crippen LogP contribution in [0.15, 0.2) is 0 Å². The Labute approximate surface area is 115 Å². The lowest BCUT2D eigenvalue weighted by Gasteiger charge is -2.33. The highest BCUT2D eigenvalue weighted by atomic mass is 16.6. The topological polar surface area (TPSA) is 53.1 Å². The summed E-state index contributed by atoms with van der Waals surface area (Å²) in [6.07, 6.45) is -0.463. The minimum atomic E-state index is -0.539. The fourth-order valence-corrected chi connectivity index (χ4v) is 1.76. The maximum absolute atomic E-state index is 12.0. The van der Waals surface area contributed by atoms with Gasteiger partial charge in [-0.25, -0.2) is 4.79 Å². The van der Waals surface area contributed by atoms with Gasteiger partial charge in [0.15, 0.2) is 0 Å². The van der Waals surface area contributed by atoms with Gasteiger partial charge in [-0.05, 0) is 27.8 Å². The van der Waals surface area contributed by atoms with Crippen molar-refractivity contribution in [3.05, 3.63) is 0 Å². The molecule has 0 atom stereocenters. The molecule has 6 heteroatoms. The first-order valence-electron chi connectivity index (χ1n) is 6.59. The molecule has 1 aliphatic rings. The number of carbonyl (C=O) groups is 2. The molecule has 0 aromatic carbocycles. The van der Waals surface area contributed by atoms with E-state index in [-0.39, 0.29) is 12.5 Å². The molecule has 0 aromatic heterocycles. The van der Waals surface area contributed by atoms with Crippen LogP contribution >= 0.6 is 0 Å². The van der Waals surface area contributed by atoms with Gasteiger partial charge in [0.25, 0.3) is 0 Å². The number of amides is 2. The van der Waals surface area contributed by atoms with Crippen molar-refractivity contribution in [2.45, 2.75) is 26.4 Å². The van der Waals surface area contributed by atoms with Crippen molar-refractivity contribution in [3.8, 4) is 0 Å². The fourth-order valence-electron chi connectivity index (χ4n) is 1.76. The second-order valence-electron chi connectivity index (χ2n) is 6.02. The third-order valence-electron chi connectivity index (χ3n) is 2.93. The van der Waals surface area contributed by atoms with Crippen LogP contribution in [0.4, 0.5) is 4.79 Å². The Morgan fingerprint density at radius 3 is 2.16 bits per heavy atom. The second kappa shape index (κ2) is 6.23. The fraction of sp³-hybridized carbons (Fsp3) is 0.846. The first-order valence-corrected chi connectivity index (χ1v) is 6.59. The number of hydrogen-bond donors (Lipinski definition) is 0. The van der Waals surface area contributed by atoms with Gasteiger partial charge in [-0.2, -0.15) is 0 Å². The maximum Gasteiger partial charge on any atom is 0.410 e. The molecule has 1 rings (SSSR count). The van der Waals surface area contributed by atoms with Crippen LogP contribution in [0.25, 0.3) is 0 Å². The lowest BCUT2D eigenvalue weighted by Crippen LogP contribution is -2.50. The van der Waals surface area contributed by atoms with Crippen LogP contribution in [-0.4, -0.2) is 79.1 Å². The molecule has 2 amide bonds. The maximum atomic E-state index is 12.0. The minimum Gasteiger partial charge on any atom is -0.444 e. The Kier molecular flexibility index (Phi) is 5.17. The quantitative estimate of drug-likeness (QED) is 0.739. The highest BCUT2D eigenvalue weighted by Crippen LogP contribution is 2.09. The molecular weight excluding hydrogens is 246 g/mol. The number of carbonyl (C=O) groups excluding carboxylic acids is 2. The van der Waals surface area contributed by atoms with Gasteiger partial charge in [0, 0.05) is 33.2 Å². The van der Waals surface area contributed by atoms with Crippen LogP contribution in [0, 0.1) is 0 Å². The van der Waals surface area contributed by atoms with E-state index < -0.39 is 11.7 Å². The lowest BCUT2D eigenvalue weighted by atomic mass is 10.2. The van der Waals surface area contributed by atoms with Gasteiger partial charge in [-0.15, -0.1) is 0 Å². The third kappa shape index (κ3) is 5.46. The second-order valence-corrected chi connectivity index (χ2v) is 6.02. The smallest absolute Gasteiger partial charge is 0.410 e. The van der Waals surface area contributed by atoms with E-state index in [1.165, 1.54) is 4.90 Å². The molecule has 1 saturated heterocycles. The van der Waals surface area contributed by atoms with Crippen molar-refractivity contribution in [2.75, 3.05) is 46.8 Å². The summed E-state index contributed by atoms with van der Waals surface area (Å²) >= 11 is 0. The summed E-state index contributed by atoms with van der Waals surface area (Å²) < 4.78 is 5.21. The van der Waals surface area contributed by atoms with E-state index in [1.807, 2.05) is 7.05 Å². The van der Waals surface area contributed by atoms with Crippen molar-refractivity contribution in [1.82, 2.24) is 14.7 Å². The molecule has 6 nitrogen and oxygen atoms in total. The van der Waals surface area contributed by atoms with Crippen molar-refractivity contribution in [3.63, 3.8) is 0 Å². The normalized spacial score (nSPS) is 17.2. The van der Waals surface area contributed by atoms with E-state index in [0.717, 1.165) is 26.2 Å². The summed E-state index contributed by atoms with van der Waals surface area (Å²) in [6.45, 7) is 8.68. The monoisotopic (exact) mass is 271 g/mol. The number of piperazine rings is 1. The van der Waals surface area contributed by atoms with Gasteiger partial charge in [0.05, 0.1) is 0 Å². The zero-order valence-corrected chi connectivity index (χ0v) is 12.6. The Morgan fingerprint density at radius 1 is 1.16 bits per heavy atom. The average Bonchev–Trinajstić information content (AvgIpc) is 2.27. The lowest BCUT2D eigenvalue weighted by molar-refractivity contribution is -0.133. The molecule has 0 aliphatic carbocycles. The molecule has 110 valence electrons. The molecule has 1 aliphatic heterocycles.